The molecule has 0 fully saturated rings. The van der Waals surface area contributed by atoms with Crippen molar-refractivity contribution >= 4 is 33.2 Å². The summed E-state index contributed by atoms with van der Waals surface area (Å²) in [5.41, 5.74) is 0.588. The number of hydrogen-bond acceptors (Lipinski definition) is 4. The number of hydrazone groups is 1. The minimum Gasteiger partial charge on any atom is -0.271 e. The van der Waals surface area contributed by atoms with Crippen molar-refractivity contribution in [3.8, 4) is 0 Å². The number of rotatable bonds is 6. The standard InChI is InChI=1S/C15H17ClN2O3S/c1-3-5-13-14(6-4-2)17-18(15(13)19)22(20,21)12-9-7-11(16)8-10-12/h3,7-10,13H,1,4-6H2,2H3/t13-/m1/s1. The first-order chi connectivity index (χ1) is 10.4. The SMILES string of the molecule is C=CC[C@H]1C(=O)N(S(=O)(=O)c2ccc(Cl)cc2)N=C1CCC. The maximum absolute atomic E-state index is 12.6. The van der Waals surface area contributed by atoms with Gasteiger partial charge >= 0.3 is 0 Å². The number of allylic oxidation sites excluding steroid dienone is 1. The summed E-state index contributed by atoms with van der Waals surface area (Å²) in [6, 6.07) is 5.65. The third kappa shape index (κ3) is 3.08. The molecule has 0 N–H and O–H groups in total. The van der Waals surface area contributed by atoms with Crippen molar-refractivity contribution in [3.05, 3.63) is 41.9 Å². The fourth-order valence-electron chi connectivity index (χ4n) is 2.27. The van der Waals surface area contributed by atoms with Crippen LogP contribution in [0.1, 0.15) is 26.2 Å². The summed E-state index contributed by atoms with van der Waals surface area (Å²) >= 11 is 5.76. The molecular formula is C15H17ClN2O3S. The predicted octanol–water partition coefficient (Wildman–Crippen LogP) is 3.22. The molecule has 0 aliphatic carbocycles. The first-order valence-corrected chi connectivity index (χ1v) is 8.76. The van der Waals surface area contributed by atoms with Gasteiger partial charge in [-0.2, -0.15) is 13.5 Å². The summed E-state index contributed by atoms with van der Waals surface area (Å²) in [4.78, 5) is 12.4. The molecule has 5 nitrogen and oxygen atoms in total. The highest BCUT2D eigenvalue weighted by Gasteiger charge is 2.41. The summed E-state index contributed by atoms with van der Waals surface area (Å²) < 4.78 is 25.8. The molecule has 1 aliphatic heterocycles. The molecule has 1 aromatic carbocycles. The normalized spacial score (nSPS) is 18.5. The number of benzene rings is 1. The number of carbonyl (C=O) groups excluding carboxylic acids is 1. The largest absolute Gasteiger partial charge is 0.286 e. The molecule has 2 rings (SSSR count). The molecule has 1 amide bonds. The zero-order valence-electron chi connectivity index (χ0n) is 12.2. The molecule has 1 aliphatic rings. The Morgan fingerprint density at radius 1 is 1.36 bits per heavy atom. The van der Waals surface area contributed by atoms with Crippen LogP contribution in [0.5, 0.6) is 0 Å². The summed E-state index contributed by atoms with van der Waals surface area (Å²) in [5.74, 6) is -1.07. The lowest BCUT2D eigenvalue weighted by Gasteiger charge is -2.14. The van der Waals surface area contributed by atoms with Crippen molar-refractivity contribution in [1.82, 2.24) is 4.41 Å². The number of amides is 1. The summed E-state index contributed by atoms with van der Waals surface area (Å²) in [6.07, 6.45) is 3.35. The second-order valence-electron chi connectivity index (χ2n) is 4.96. The van der Waals surface area contributed by atoms with Gasteiger partial charge in [-0.1, -0.05) is 31.0 Å². The van der Waals surface area contributed by atoms with E-state index in [1.54, 1.807) is 6.08 Å². The van der Waals surface area contributed by atoms with Crippen LogP contribution in [0.2, 0.25) is 5.02 Å². The third-order valence-corrected chi connectivity index (χ3v) is 5.19. The lowest BCUT2D eigenvalue weighted by atomic mass is 9.97. The van der Waals surface area contributed by atoms with Crippen molar-refractivity contribution in [2.45, 2.75) is 31.1 Å². The van der Waals surface area contributed by atoms with Crippen LogP contribution in [-0.4, -0.2) is 24.5 Å². The van der Waals surface area contributed by atoms with E-state index < -0.39 is 21.8 Å². The maximum atomic E-state index is 12.6. The van der Waals surface area contributed by atoms with Crippen molar-refractivity contribution in [2.75, 3.05) is 0 Å². The van der Waals surface area contributed by atoms with Crippen LogP contribution in [0.4, 0.5) is 0 Å². The van der Waals surface area contributed by atoms with Gasteiger partial charge in [0.2, 0.25) is 0 Å². The molecule has 0 radical (unpaired) electrons. The lowest BCUT2D eigenvalue weighted by Crippen LogP contribution is -2.32. The van der Waals surface area contributed by atoms with Crippen molar-refractivity contribution in [3.63, 3.8) is 0 Å². The topological polar surface area (TPSA) is 66.8 Å². The highest BCUT2D eigenvalue weighted by molar-refractivity contribution is 7.89. The van der Waals surface area contributed by atoms with Gasteiger partial charge < -0.3 is 0 Å². The van der Waals surface area contributed by atoms with Crippen molar-refractivity contribution in [2.24, 2.45) is 11.0 Å². The molecule has 1 heterocycles. The Morgan fingerprint density at radius 3 is 2.55 bits per heavy atom. The predicted molar refractivity (Wildman–Crippen MR) is 86.1 cm³/mol. The van der Waals surface area contributed by atoms with E-state index in [9.17, 15) is 13.2 Å². The second kappa shape index (κ2) is 6.62. The van der Waals surface area contributed by atoms with E-state index in [-0.39, 0.29) is 4.90 Å². The van der Waals surface area contributed by atoms with Crippen LogP contribution in [-0.2, 0) is 14.8 Å². The van der Waals surface area contributed by atoms with Crippen LogP contribution in [0.3, 0.4) is 0 Å². The van der Waals surface area contributed by atoms with Gasteiger partial charge in [0.05, 0.1) is 16.5 Å². The number of halogens is 1. The minimum absolute atomic E-state index is 0.0101. The van der Waals surface area contributed by atoms with E-state index in [1.807, 2.05) is 6.92 Å². The van der Waals surface area contributed by atoms with E-state index in [1.165, 1.54) is 24.3 Å². The van der Waals surface area contributed by atoms with Gasteiger partial charge in [0.25, 0.3) is 15.9 Å². The Hall–Kier alpha value is -1.66. The number of carbonyl (C=O) groups is 1. The minimum atomic E-state index is -4.00. The van der Waals surface area contributed by atoms with Crippen molar-refractivity contribution < 1.29 is 13.2 Å². The van der Waals surface area contributed by atoms with Gasteiger partial charge in [0.15, 0.2) is 0 Å². The van der Waals surface area contributed by atoms with Crippen molar-refractivity contribution in [1.29, 1.82) is 0 Å². The Morgan fingerprint density at radius 2 is 2.00 bits per heavy atom. The summed E-state index contributed by atoms with van der Waals surface area (Å²) in [6.45, 7) is 5.57. The van der Waals surface area contributed by atoms with E-state index >= 15 is 0 Å². The quantitative estimate of drug-likeness (QED) is 0.747. The average Bonchev–Trinajstić information content (AvgIpc) is 2.78. The molecule has 0 unspecified atom stereocenters. The first kappa shape index (κ1) is 16.7. The smallest absolute Gasteiger partial charge is 0.271 e. The Bertz CT molecular complexity index is 711. The second-order valence-corrected chi connectivity index (χ2v) is 7.16. The molecule has 0 aromatic heterocycles. The van der Waals surface area contributed by atoms with Gasteiger partial charge in [0.1, 0.15) is 0 Å². The van der Waals surface area contributed by atoms with Gasteiger partial charge in [-0.05, 0) is 37.1 Å². The third-order valence-electron chi connectivity index (χ3n) is 3.36. The molecule has 0 spiro atoms. The highest BCUT2D eigenvalue weighted by atomic mass is 35.5. The molecular weight excluding hydrogens is 324 g/mol. The molecule has 1 atom stereocenters. The monoisotopic (exact) mass is 340 g/mol. The number of sulfonamides is 1. The molecule has 0 saturated heterocycles. The van der Waals surface area contributed by atoms with E-state index in [2.05, 4.69) is 11.7 Å². The fourth-order valence-corrected chi connectivity index (χ4v) is 3.66. The Kier molecular flexibility index (Phi) is 5.03. The lowest BCUT2D eigenvalue weighted by molar-refractivity contribution is -0.127. The highest BCUT2D eigenvalue weighted by Crippen LogP contribution is 2.28. The van der Waals surface area contributed by atoms with Crippen LogP contribution in [0, 0.1) is 5.92 Å². The number of nitrogens with zero attached hydrogens (tertiary/aromatic N) is 2. The zero-order valence-corrected chi connectivity index (χ0v) is 13.8. The van der Waals surface area contributed by atoms with Crippen LogP contribution in [0.15, 0.2) is 46.9 Å². The Labute approximate surface area is 135 Å². The summed E-state index contributed by atoms with van der Waals surface area (Å²) in [7, 11) is -4.00. The molecule has 1 aromatic rings. The van der Waals surface area contributed by atoms with E-state index in [0.29, 0.717) is 28.0 Å². The van der Waals surface area contributed by atoms with Crippen LogP contribution < -0.4 is 0 Å². The maximum Gasteiger partial charge on any atom is 0.286 e. The molecule has 7 heteroatoms. The number of hydrogen-bond donors (Lipinski definition) is 0. The zero-order chi connectivity index (χ0) is 16.3. The average molecular weight is 341 g/mol. The van der Waals surface area contributed by atoms with Crippen LogP contribution >= 0.6 is 11.6 Å². The fraction of sp³-hybridized carbons (Fsp3) is 0.333. The Balaban J connectivity index is 2.40. The van der Waals surface area contributed by atoms with Gasteiger partial charge in [-0.25, -0.2) is 0 Å². The van der Waals surface area contributed by atoms with Crippen LogP contribution in [0.25, 0.3) is 0 Å². The molecule has 22 heavy (non-hydrogen) atoms. The van der Waals surface area contributed by atoms with E-state index in [0.717, 1.165) is 6.42 Å². The van der Waals surface area contributed by atoms with E-state index in [4.69, 9.17) is 11.6 Å². The molecule has 118 valence electrons. The molecule has 0 saturated carbocycles. The van der Waals surface area contributed by atoms with Gasteiger partial charge in [0, 0.05) is 5.02 Å². The first-order valence-electron chi connectivity index (χ1n) is 6.94. The van der Waals surface area contributed by atoms with Gasteiger partial charge in [-0.3, -0.25) is 4.79 Å². The molecule has 0 bridgehead atoms. The van der Waals surface area contributed by atoms with Gasteiger partial charge in [-0.15, -0.1) is 11.0 Å². The summed E-state index contributed by atoms with van der Waals surface area (Å²) in [5, 5.41) is 4.48.